The Morgan fingerprint density at radius 1 is 0.979 bits per heavy atom. The second kappa shape index (κ2) is 12.6. The summed E-state index contributed by atoms with van der Waals surface area (Å²) in [5.41, 5.74) is 2.65. The van der Waals surface area contributed by atoms with E-state index < -0.39 is 5.60 Å². The number of hydrogen-bond acceptors (Lipinski definition) is 6. The fourth-order valence-electron chi connectivity index (χ4n) is 7.18. The van der Waals surface area contributed by atoms with Crippen molar-refractivity contribution < 1.29 is 14.7 Å². The van der Waals surface area contributed by atoms with Crippen LogP contribution in [0.15, 0.2) is 90.1 Å². The van der Waals surface area contributed by atoms with Crippen molar-refractivity contribution in [1.82, 2.24) is 23.9 Å². The van der Waals surface area contributed by atoms with E-state index in [1.165, 1.54) is 27.8 Å². The van der Waals surface area contributed by atoms with Crippen LogP contribution in [0.4, 0.5) is 0 Å². The minimum absolute atomic E-state index is 0.00203. The molecule has 0 saturated carbocycles. The molecule has 7 rings (SSSR count). The highest BCUT2D eigenvalue weighted by Crippen LogP contribution is 2.37. The zero-order valence-electron chi connectivity index (χ0n) is 26.7. The number of amides is 2. The molecule has 5 heterocycles. The second-order valence-electron chi connectivity index (χ2n) is 13.1. The van der Waals surface area contributed by atoms with E-state index in [4.69, 9.17) is 0 Å². The largest absolute Gasteiger partial charge is 0.388 e. The monoisotopic (exact) mass is 649 g/mol. The summed E-state index contributed by atoms with van der Waals surface area (Å²) in [7, 11) is 1.84. The highest BCUT2D eigenvalue weighted by molar-refractivity contribution is 7.17. The molecule has 0 spiro atoms. The van der Waals surface area contributed by atoms with Crippen molar-refractivity contribution in [3.05, 3.63) is 112 Å². The first-order valence-corrected chi connectivity index (χ1v) is 17.0. The van der Waals surface area contributed by atoms with E-state index in [1.807, 2.05) is 65.4 Å². The van der Waals surface area contributed by atoms with Gasteiger partial charge < -0.3 is 19.5 Å². The summed E-state index contributed by atoms with van der Waals surface area (Å²) < 4.78 is 3.28. The number of benzene rings is 2. The van der Waals surface area contributed by atoms with Crippen molar-refractivity contribution in [2.24, 2.45) is 13.0 Å². The van der Waals surface area contributed by atoms with E-state index in [0.29, 0.717) is 61.4 Å². The predicted molar refractivity (Wildman–Crippen MR) is 183 cm³/mol. The first-order valence-electron chi connectivity index (χ1n) is 16.2. The number of carbonyl (C=O) groups is 2. The van der Waals surface area contributed by atoms with E-state index in [1.54, 1.807) is 16.8 Å². The van der Waals surface area contributed by atoms with E-state index in [2.05, 4.69) is 30.1 Å². The van der Waals surface area contributed by atoms with Crippen LogP contribution in [0.2, 0.25) is 0 Å². The van der Waals surface area contributed by atoms with Gasteiger partial charge in [-0.05, 0) is 55.5 Å². The SMILES string of the molecule is Cc1cccc(-c2ccc(C(=O)N3CC[C@@H](C(=O)N4CCC(O)(Cn5cnc6c(ccn6C)c5=O)CC4)[C@H](c4ccccc4)C3)s2)c1. The Balaban J connectivity index is 1.04. The van der Waals surface area contributed by atoms with Crippen molar-refractivity contribution in [2.45, 2.75) is 44.2 Å². The second-order valence-corrected chi connectivity index (χ2v) is 14.2. The number of aliphatic hydroxyl groups is 1. The third kappa shape index (κ3) is 6.15. The third-order valence-corrected chi connectivity index (χ3v) is 11.0. The van der Waals surface area contributed by atoms with Crippen LogP contribution >= 0.6 is 11.3 Å². The number of aromatic nitrogens is 3. The Hall–Kier alpha value is -4.54. The highest BCUT2D eigenvalue weighted by atomic mass is 32.1. The molecule has 5 aromatic rings. The molecule has 242 valence electrons. The van der Waals surface area contributed by atoms with E-state index >= 15 is 0 Å². The summed E-state index contributed by atoms with van der Waals surface area (Å²) in [5.74, 6) is -0.343. The summed E-state index contributed by atoms with van der Waals surface area (Å²) in [5, 5.41) is 12.0. The molecule has 2 atom stereocenters. The number of hydrogen-bond donors (Lipinski definition) is 1. The van der Waals surface area contributed by atoms with Gasteiger partial charge in [-0.2, -0.15) is 0 Å². The van der Waals surface area contributed by atoms with Crippen LogP contribution in [0.5, 0.6) is 0 Å². The maximum absolute atomic E-state index is 14.1. The molecule has 2 aliphatic rings. The van der Waals surface area contributed by atoms with Gasteiger partial charge in [-0.15, -0.1) is 11.3 Å². The minimum atomic E-state index is -1.11. The maximum Gasteiger partial charge on any atom is 0.263 e. The summed E-state index contributed by atoms with van der Waals surface area (Å²) in [6, 6.07) is 24.0. The Bertz CT molecular complexity index is 1990. The molecular weight excluding hydrogens is 611 g/mol. The lowest BCUT2D eigenvalue weighted by molar-refractivity contribution is -0.142. The maximum atomic E-state index is 14.1. The molecule has 10 heteroatoms. The number of aryl methyl sites for hydroxylation is 2. The lowest BCUT2D eigenvalue weighted by atomic mass is 9.79. The Morgan fingerprint density at radius 3 is 2.53 bits per heavy atom. The molecule has 2 aromatic carbocycles. The van der Waals surface area contributed by atoms with Gasteiger partial charge in [0.2, 0.25) is 5.91 Å². The zero-order valence-corrected chi connectivity index (χ0v) is 27.5. The number of nitrogens with zero attached hydrogens (tertiary/aromatic N) is 5. The van der Waals surface area contributed by atoms with Gasteiger partial charge in [0, 0.05) is 56.1 Å². The average molecular weight is 650 g/mol. The standard InChI is InChI=1S/C37H39N5O4S/c1-25-7-6-10-27(21-25)31-11-12-32(47-31)36(45)41-18-14-28(30(22-41)26-8-4-3-5-9-26)34(43)40-19-15-37(46,16-20-40)23-42-24-38-33-29(35(42)44)13-17-39(33)2/h3-13,17,21,24,28,30,46H,14-16,18-20,22-23H2,1-2H3/t28-,30+/m1/s1. The molecule has 0 unspecified atom stereocenters. The first-order chi connectivity index (χ1) is 22.7. The van der Waals surface area contributed by atoms with Crippen molar-refractivity contribution >= 4 is 34.2 Å². The first kappa shape index (κ1) is 31.1. The van der Waals surface area contributed by atoms with Crippen LogP contribution in [-0.2, 0) is 18.4 Å². The molecule has 2 aliphatic heterocycles. The molecule has 47 heavy (non-hydrogen) atoms. The summed E-state index contributed by atoms with van der Waals surface area (Å²) >= 11 is 1.51. The topological polar surface area (TPSA) is 101 Å². The number of rotatable bonds is 6. The normalized spacial score (nSPS) is 19.6. The molecule has 1 N–H and O–H groups in total. The van der Waals surface area contributed by atoms with Crippen molar-refractivity contribution in [3.63, 3.8) is 0 Å². The van der Waals surface area contributed by atoms with Gasteiger partial charge in [0.1, 0.15) is 12.0 Å². The number of fused-ring (bicyclic) bond motifs is 1. The Labute approximate surface area is 277 Å². The number of carbonyl (C=O) groups excluding carboxylic acids is 2. The molecule has 0 bridgehead atoms. The van der Waals surface area contributed by atoms with Gasteiger partial charge in [-0.1, -0.05) is 60.2 Å². The zero-order chi connectivity index (χ0) is 32.7. The van der Waals surface area contributed by atoms with E-state index in [-0.39, 0.29) is 35.8 Å². The predicted octanol–water partition coefficient (Wildman–Crippen LogP) is 5.07. The van der Waals surface area contributed by atoms with Crippen LogP contribution in [0.25, 0.3) is 21.5 Å². The molecule has 2 fully saturated rings. The van der Waals surface area contributed by atoms with Gasteiger partial charge >= 0.3 is 0 Å². The number of piperidine rings is 2. The van der Waals surface area contributed by atoms with Crippen LogP contribution < -0.4 is 5.56 Å². The Kier molecular flexibility index (Phi) is 8.32. The fraction of sp³-hybridized carbons (Fsp3) is 0.351. The molecule has 0 aliphatic carbocycles. The quantitative estimate of drug-likeness (QED) is 0.277. The van der Waals surface area contributed by atoms with Gasteiger partial charge in [0.25, 0.3) is 11.5 Å². The molecule has 0 radical (unpaired) electrons. The summed E-state index contributed by atoms with van der Waals surface area (Å²) in [4.78, 5) is 50.9. The lowest BCUT2D eigenvalue weighted by Gasteiger charge is -2.43. The van der Waals surface area contributed by atoms with Crippen molar-refractivity contribution in [1.29, 1.82) is 0 Å². The molecule has 9 nitrogen and oxygen atoms in total. The summed E-state index contributed by atoms with van der Waals surface area (Å²) in [6.07, 6.45) is 4.61. The van der Waals surface area contributed by atoms with E-state index in [0.717, 1.165) is 16.0 Å². The number of thiophene rings is 1. The van der Waals surface area contributed by atoms with Crippen molar-refractivity contribution in [3.8, 4) is 10.4 Å². The van der Waals surface area contributed by atoms with Gasteiger partial charge in [-0.3, -0.25) is 19.0 Å². The smallest absolute Gasteiger partial charge is 0.263 e. The molecule has 2 amide bonds. The van der Waals surface area contributed by atoms with Crippen LogP contribution in [-0.4, -0.2) is 72.6 Å². The van der Waals surface area contributed by atoms with Crippen LogP contribution in [0, 0.1) is 12.8 Å². The molecule has 2 saturated heterocycles. The van der Waals surface area contributed by atoms with Crippen LogP contribution in [0.1, 0.15) is 46.0 Å². The van der Waals surface area contributed by atoms with Gasteiger partial charge in [-0.25, -0.2) is 4.98 Å². The average Bonchev–Trinajstić information content (AvgIpc) is 3.74. The highest BCUT2D eigenvalue weighted by Gasteiger charge is 2.42. The fourth-order valence-corrected chi connectivity index (χ4v) is 8.15. The number of likely N-dealkylation sites (tertiary alicyclic amines) is 2. The molecular formula is C37H39N5O4S. The third-order valence-electron chi connectivity index (χ3n) is 9.89. The van der Waals surface area contributed by atoms with Gasteiger partial charge in [0.15, 0.2) is 0 Å². The Morgan fingerprint density at radius 2 is 1.77 bits per heavy atom. The minimum Gasteiger partial charge on any atom is -0.388 e. The van der Waals surface area contributed by atoms with Crippen molar-refractivity contribution in [2.75, 3.05) is 26.2 Å². The summed E-state index contributed by atoms with van der Waals surface area (Å²) in [6.45, 7) is 3.98. The lowest BCUT2D eigenvalue weighted by Crippen LogP contribution is -2.53. The molecule has 3 aromatic heterocycles. The van der Waals surface area contributed by atoms with Crippen LogP contribution in [0.3, 0.4) is 0 Å². The van der Waals surface area contributed by atoms with Gasteiger partial charge in [0.05, 0.1) is 22.4 Å². The van der Waals surface area contributed by atoms with E-state index in [9.17, 15) is 19.5 Å².